The fraction of sp³-hybridized carbons (Fsp3) is 0.235. The van der Waals surface area contributed by atoms with Gasteiger partial charge in [-0.25, -0.2) is 9.59 Å². The number of hydrogen-bond acceptors (Lipinski definition) is 6. The van der Waals surface area contributed by atoms with Crippen molar-refractivity contribution in [3.05, 3.63) is 40.3 Å². The molecule has 0 aliphatic rings. The van der Waals surface area contributed by atoms with E-state index in [4.69, 9.17) is 4.74 Å². The molecule has 1 aromatic carbocycles. The highest BCUT2D eigenvalue weighted by atomic mass is 32.2. The summed E-state index contributed by atoms with van der Waals surface area (Å²) in [5.41, 5.74) is 1.50. The van der Waals surface area contributed by atoms with Gasteiger partial charge in [0.05, 0.1) is 22.4 Å². The van der Waals surface area contributed by atoms with Crippen LogP contribution in [0.25, 0.3) is 11.1 Å². The maximum atomic E-state index is 11.7. The number of hydrogen-bond donors (Lipinski definition) is 1. The van der Waals surface area contributed by atoms with Crippen LogP contribution in [0.4, 0.5) is 0 Å². The number of thiophene rings is 1. The van der Waals surface area contributed by atoms with E-state index in [2.05, 4.69) is 6.07 Å². The van der Waals surface area contributed by atoms with Gasteiger partial charge in [-0.3, -0.25) is 0 Å². The number of nitrogens with zero attached hydrogens (tertiary/aromatic N) is 1. The van der Waals surface area contributed by atoms with Crippen LogP contribution in [-0.4, -0.2) is 29.4 Å². The number of carboxylic acids is 1. The summed E-state index contributed by atoms with van der Waals surface area (Å²) in [5.74, 6) is -1.61. The van der Waals surface area contributed by atoms with Gasteiger partial charge in [-0.15, -0.1) is 23.1 Å². The predicted molar refractivity (Wildman–Crippen MR) is 93.8 cm³/mol. The first kappa shape index (κ1) is 18.0. The smallest absolute Gasteiger partial charge is 0.346 e. The van der Waals surface area contributed by atoms with Crippen molar-refractivity contribution in [1.82, 2.24) is 0 Å². The number of carbonyl (C=O) groups is 2. The van der Waals surface area contributed by atoms with Crippen molar-refractivity contribution in [2.24, 2.45) is 0 Å². The number of rotatable bonds is 5. The lowest BCUT2D eigenvalue weighted by atomic mass is 10.00. The Labute approximate surface area is 147 Å². The summed E-state index contributed by atoms with van der Waals surface area (Å²) >= 11 is 2.54. The summed E-state index contributed by atoms with van der Waals surface area (Å²) in [5, 5.41) is 19.3. The molecule has 0 amide bonds. The summed E-state index contributed by atoms with van der Waals surface area (Å²) < 4.78 is 5.37. The standard InChI is InChI=1S/C17H15NO4S2/c1-9(2)23-17-12(8-18)13(14(24-17)15(19)20)10-5-4-6-11(7-10)16(21)22-3/h4-7,9H,1-3H3,(H,19,20). The van der Waals surface area contributed by atoms with E-state index in [1.807, 2.05) is 13.8 Å². The molecule has 0 unspecified atom stereocenters. The van der Waals surface area contributed by atoms with E-state index in [-0.39, 0.29) is 10.1 Å². The maximum absolute atomic E-state index is 11.7. The molecule has 0 aliphatic heterocycles. The molecule has 1 heterocycles. The summed E-state index contributed by atoms with van der Waals surface area (Å²) in [7, 11) is 1.28. The quantitative estimate of drug-likeness (QED) is 0.632. The maximum Gasteiger partial charge on any atom is 0.346 e. The van der Waals surface area contributed by atoms with Crippen molar-refractivity contribution >= 4 is 35.0 Å². The number of nitriles is 1. The van der Waals surface area contributed by atoms with Crippen LogP contribution < -0.4 is 0 Å². The molecular weight excluding hydrogens is 346 g/mol. The van der Waals surface area contributed by atoms with Crippen molar-refractivity contribution in [2.45, 2.75) is 23.3 Å². The molecule has 0 atom stereocenters. The molecule has 7 heteroatoms. The van der Waals surface area contributed by atoms with Crippen molar-refractivity contribution < 1.29 is 19.4 Å². The van der Waals surface area contributed by atoms with Gasteiger partial charge in [-0.05, 0) is 17.7 Å². The molecule has 24 heavy (non-hydrogen) atoms. The lowest BCUT2D eigenvalue weighted by Gasteiger charge is -2.06. The minimum Gasteiger partial charge on any atom is -0.477 e. The predicted octanol–water partition coefficient (Wildman–Crippen LogP) is 4.27. The SMILES string of the molecule is COC(=O)c1cccc(-c2c(C(=O)O)sc(SC(C)C)c2C#N)c1. The average Bonchev–Trinajstić information content (AvgIpc) is 2.92. The summed E-state index contributed by atoms with van der Waals surface area (Å²) in [6, 6.07) is 8.57. The number of carbonyl (C=O) groups excluding carboxylic acids is 1. The van der Waals surface area contributed by atoms with Gasteiger partial charge in [-0.1, -0.05) is 26.0 Å². The Balaban J connectivity index is 2.69. The molecule has 124 valence electrons. The van der Waals surface area contributed by atoms with E-state index >= 15 is 0 Å². The molecule has 0 saturated carbocycles. The van der Waals surface area contributed by atoms with E-state index < -0.39 is 11.9 Å². The molecule has 0 aliphatic carbocycles. The third kappa shape index (κ3) is 3.61. The first-order chi connectivity index (χ1) is 11.4. The molecule has 5 nitrogen and oxygen atoms in total. The van der Waals surface area contributed by atoms with Crippen molar-refractivity contribution in [2.75, 3.05) is 7.11 Å². The number of methoxy groups -OCH3 is 1. The van der Waals surface area contributed by atoms with Crippen molar-refractivity contribution in [1.29, 1.82) is 5.26 Å². The van der Waals surface area contributed by atoms with Gasteiger partial charge in [0, 0.05) is 10.8 Å². The van der Waals surface area contributed by atoms with E-state index in [1.54, 1.807) is 24.3 Å². The lowest BCUT2D eigenvalue weighted by Crippen LogP contribution is -2.02. The normalized spacial score (nSPS) is 10.5. The topological polar surface area (TPSA) is 87.4 Å². The van der Waals surface area contributed by atoms with Gasteiger partial charge < -0.3 is 9.84 Å². The van der Waals surface area contributed by atoms with Crippen molar-refractivity contribution in [3.63, 3.8) is 0 Å². The number of esters is 1. The van der Waals surface area contributed by atoms with Crippen LogP contribution in [0.5, 0.6) is 0 Å². The Hall–Kier alpha value is -2.30. The molecule has 1 N–H and O–H groups in total. The number of thioether (sulfide) groups is 1. The zero-order valence-electron chi connectivity index (χ0n) is 13.3. The summed E-state index contributed by atoms with van der Waals surface area (Å²) in [6.45, 7) is 3.95. The largest absolute Gasteiger partial charge is 0.477 e. The zero-order valence-corrected chi connectivity index (χ0v) is 15.0. The Bertz CT molecular complexity index is 834. The van der Waals surface area contributed by atoms with Gasteiger partial charge in [0.1, 0.15) is 10.9 Å². The van der Waals surface area contributed by atoms with E-state index in [0.29, 0.717) is 26.5 Å². The minimum absolute atomic E-state index is 0.0942. The van der Waals surface area contributed by atoms with Crippen LogP contribution in [0.2, 0.25) is 0 Å². The molecule has 2 aromatic rings. The van der Waals surface area contributed by atoms with Crippen LogP contribution in [0.15, 0.2) is 28.5 Å². The molecule has 0 saturated heterocycles. The van der Waals surface area contributed by atoms with Gasteiger partial charge in [0.15, 0.2) is 0 Å². The minimum atomic E-state index is -1.09. The molecule has 0 bridgehead atoms. The van der Waals surface area contributed by atoms with Crippen molar-refractivity contribution in [3.8, 4) is 17.2 Å². The second kappa shape index (κ2) is 7.51. The van der Waals surface area contributed by atoms with Gasteiger partial charge in [0.25, 0.3) is 0 Å². The van der Waals surface area contributed by atoms with Crippen LogP contribution in [0, 0.1) is 11.3 Å². The van der Waals surface area contributed by atoms with Crippen LogP contribution in [-0.2, 0) is 4.74 Å². The monoisotopic (exact) mass is 361 g/mol. The molecule has 2 rings (SSSR count). The van der Waals surface area contributed by atoms with Crippen LogP contribution in [0.1, 0.15) is 39.4 Å². The number of benzene rings is 1. The van der Waals surface area contributed by atoms with E-state index in [1.165, 1.54) is 18.9 Å². The average molecular weight is 361 g/mol. The lowest BCUT2D eigenvalue weighted by molar-refractivity contribution is 0.0600. The number of ether oxygens (including phenoxy) is 1. The van der Waals surface area contributed by atoms with Gasteiger partial charge in [-0.2, -0.15) is 5.26 Å². The van der Waals surface area contributed by atoms with E-state index in [0.717, 1.165) is 11.3 Å². The fourth-order valence-corrected chi connectivity index (χ4v) is 4.71. The Morgan fingerprint density at radius 3 is 2.62 bits per heavy atom. The second-order valence-electron chi connectivity index (χ2n) is 5.12. The second-order valence-corrected chi connectivity index (χ2v) is 7.99. The van der Waals surface area contributed by atoms with Gasteiger partial charge >= 0.3 is 11.9 Å². The number of aromatic carboxylic acids is 1. The Morgan fingerprint density at radius 1 is 1.38 bits per heavy atom. The Morgan fingerprint density at radius 2 is 2.08 bits per heavy atom. The van der Waals surface area contributed by atoms with E-state index in [9.17, 15) is 20.0 Å². The first-order valence-electron chi connectivity index (χ1n) is 7.04. The highest BCUT2D eigenvalue weighted by Crippen LogP contribution is 2.43. The molecule has 0 spiro atoms. The van der Waals surface area contributed by atoms with Gasteiger partial charge in [0.2, 0.25) is 0 Å². The summed E-state index contributed by atoms with van der Waals surface area (Å²) in [6.07, 6.45) is 0. The molecule has 1 aromatic heterocycles. The van der Waals surface area contributed by atoms with Crippen LogP contribution in [0.3, 0.4) is 0 Å². The third-order valence-corrected chi connectivity index (χ3v) is 5.50. The number of carboxylic acid groups (broad SMARTS) is 1. The summed E-state index contributed by atoms with van der Waals surface area (Å²) in [4.78, 5) is 23.4. The first-order valence-corrected chi connectivity index (χ1v) is 8.74. The molecule has 0 radical (unpaired) electrons. The highest BCUT2D eigenvalue weighted by molar-refractivity contribution is 8.01. The molecular formula is C17H15NO4S2. The zero-order chi connectivity index (χ0) is 17.9. The molecule has 0 fully saturated rings. The third-order valence-electron chi connectivity index (χ3n) is 3.10. The fourth-order valence-electron chi connectivity index (χ4n) is 2.15. The Kier molecular flexibility index (Phi) is 5.65. The highest BCUT2D eigenvalue weighted by Gasteiger charge is 2.25. The van der Waals surface area contributed by atoms with Crippen LogP contribution >= 0.6 is 23.1 Å².